The number of pyridine rings is 1. The van der Waals surface area contributed by atoms with Crippen LogP contribution < -0.4 is 24.5 Å². The van der Waals surface area contributed by atoms with E-state index in [2.05, 4.69) is 4.90 Å². The number of quaternary nitrogens is 1. The minimum Gasteiger partial charge on any atom is -0.494 e. The Morgan fingerprint density at radius 3 is 2.00 bits per heavy atom. The van der Waals surface area contributed by atoms with Crippen molar-refractivity contribution in [2.45, 2.75) is 59.3 Å². The summed E-state index contributed by atoms with van der Waals surface area (Å²) in [5, 5.41) is 0.293. The number of piperazine rings is 3. The molecule has 1 amide bonds. The average molecular weight is 732 g/mol. The van der Waals surface area contributed by atoms with Crippen molar-refractivity contribution in [1.29, 1.82) is 0 Å². The van der Waals surface area contributed by atoms with Crippen LogP contribution in [-0.2, 0) is 0 Å². The molecule has 4 heterocycles. The quantitative estimate of drug-likeness (QED) is 0.0776. The van der Waals surface area contributed by atoms with Crippen LogP contribution in [0.2, 0.25) is 0 Å². The Kier molecular flexibility index (Phi) is 12.7. The Balaban J connectivity index is 1.20. The molecule has 0 N–H and O–H groups in total. The summed E-state index contributed by atoms with van der Waals surface area (Å²) in [5.41, 5.74) is 0.497. The van der Waals surface area contributed by atoms with Crippen LogP contribution in [0, 0.1) is 11.6 Å². The third-order valence-electron chi connectivity index (χ3n) is 10.7. The molecule has 3 aliphatic heterocycles. The highest BCUT2D eigenvalue weighted by Crippen LogP contribution is 2.30. The molecule has 3 fully saturated rings. The Morgan fingerprint density at radius 2 is 1.38 bits per heavy atom. The molecule has 3 saturated heterocycles. The Labute approximate surface area is 311 Å². The van der Waals surface area contributed by atoms with Gasteiger partial charge in [-0.25, -0.2) is 8.78 Å². The van der Waals surface area contributed by atoms with Crippen LogP contribution in [0.15, 0.2) is 65.6 Å². The molecule has 9 nitrogen and oxygen atoms in total. The molecule has 3 aromatic carbocycles. The van der Waals surface area contributed by atoms with Crippen molar-refractivity contribution in [3.8, 4) is 22.9 Å². The fourth-order valence-electron chi connectivity index (χ4n) is 7.75. The van der Waals surface area contributed by atoms with Crippen molar-refractivity contribution < 1.29 is 32.3 Å². The summed E-state index contributed by atoms with van der Waals surface area (Å²) in [7, 11) is 0. The van der Waals surface area contributed by atoms with E-state index < -0.39 is 23.0 Å². The number of aromatic nitrogens is 1. The zero-order valence-electron chi connectivity index (χ0n) is 31.4. The first-order valence-electron chi connectivity index (χ1n) is 19.3. The number of rotatable bonds is 18. The molecule has 0 spiro atoms. The van der Waals surface area contributed by atoms with Crippen molar-refractivity contribution >= 4 is 22.5 Å². The summed E-state index contributed by atoms with van der Waals surface area (Å²) in [4.78, 5) is 31.8. The smallest absolute Gasteiger partial charge is 0.263 e. The van der Waals surface area contributed by atoms with Crippen LogP contribution in [0.1, 0.15) is 69.7 Å². The van der Waals surface area contributed by atoms with Crippen molar-refractivity contribution in [2.24, 2.45) is 0 Å². The second-order valence-corrected chi connectivity index (χ2v) is 14.2. The van der Waals surface area contributed by atoms with Crippen molar-refractivity contribution in [3.05, 3.63) is 88.2 Å². The summed E-state index contributed by atoms with van der Waals surface area (Å²) in [6.07, 6.45) is 8.50. The first kappa shape index (κ1) is 38.3. The Hall–Kier alpha value is -4.48. The maximum absolute atomic E-state index is 14.2. The number of fused-ring (bicyclic) bond motifs is 4. The van der Waals surface area contributed by atoms with E-state index in [9.17, 15) is 18.4 Å². The van der Waals surface area contributed by atoms with E-state index in [4.69, 9.17) is 14.2 Å². The molecule has 0 aliphatic carbocycles. The molecule has 0 atom stereocenters. The number of ether oxygens (including phenoxy) is 3. The van der Waals surface area contributed by atoms with E-state index in [1.165, 1.54) is 87.1 Å². The number of halogens is 2. The van der Waals surface area contributed by atoms with E-state index in [1.807, 2.05) is 32.0 Å². The summed E-state index contributed by atoms with van der Waals surface area (Å²) in [6, 6.07) is 13.5. The number of unbranched alkanes of at least 4 members (excludes halogenated alkanes) is 5. The first-order chi connectivity index (χ1) is 25.7. The molecule has 11 heteroatoms. The lowest BCUT2D eigenvalue weighted by Crippen LogP contribution is -2.67. The topological polar surface area (TPSA) is 73.2 Å². The van der Waals surface area contributed by atoms with E-state index in [-0.39, 0.29) is 17.8 Å². The van der Waals surface area contributed by atoms with Crippen LogP contribution in [0.4, 0.5) is 14.5 Å². The largest absolute Gasteiger partial charge is 0.494 e. The summed E-state index contributed by atoms with van der Waals surface area (Å²) in [6.45, 7) is 16.0. The number of nitrogens with zero attached hydrogens (tertiary/aromatic N) is 4. The molecule has 0 saturated carbocycles. The molecule has 3 aliphatic rings. The molecule has 1 aromatic heterocycles. The Morgan fingerprint density at radius 1 is 0.755 bits per heavy atom. The lowest BCUT2D eigenvalue weighted by Gasteiger charge is -2.50. The van der Waals surface area contributed by atoms with E-state index >= 15 is 0 Å². The summed E-state index contributed by atoms with van der Waals surface area (Å²) >= 11 is 0. The zero-order chi connectivity index (χ0) is 37.4. The number of hydrogen-bond acceptors (Lipinski definition) is 6. The van der Waals surface area contributed by atoms with Crippen LogP contribution in [0.3, 0.4) is 0 Å². The van der Waals surface area contributed by atoms with Gasteiger partial charge in [0.05, 0.1) is 57.2 Å². The molecular weight excluding hydrogens is 678 g/mol. The monoisotopic (exact) mass is 731 g/mol. The van der Waals surface area contributed by atoms with Crippen LogP contribution in [-0.4, -0.2) is 92.0 Å². The molecule has 53 heavy (non-hydrogen) atoms. The summed E-state index contributed by atoms with van der Waals surface area (Å²) < 4.78 is 49.4. The van der Waals surface area contributed by atoms with Gasteiger partial charge in [-0.2, -0.15) is 0 Å². The zero-order valence-corrected chi connectivity index (χ0v) is 31.4. The van der Waals surface area contributed by atoms with Crippen LogP contribution in [0.25, 0.3) is 16.6 Å². The number of carbonyl (C=O) groups excluding carboxylic acids is 1. The highest BCUT2D eigenvalue weighted by molar-refractivity contribution is 6.07. The normalized spacial score (nSPS) is 17.9. The fraction of sp³-hybridized carbons (Fsp3) is 0.476. The standard InChI is InChI=1S/C42H53F2N4O5/c1-4-46(33-24-31(43)23-32(44)25-33)42(50)39-30-47(34-26-36(51-5-2)28-37(27-34)52-6-3)40-29-35(13-14-38(40)41(39)49)53-22-12-10-8-7-9-11-18-48-19-15-45(16-20-48)17-21-48/h13-14,23-30H,4-12,15-22H2,1-3H3/q+1. The summed E-state index contributed by atoms with van der Waals surface area (Å²) in [5.74, 6) is -0.590. The van der Waals surface area contributed by atoms with Gasteiger partial charge in [-0.3, -0.25) is 14.5 Å². The highest BCUT2D eigenvalue weighted by Gasteiger charge is 2.37. The molecule has 0 unspecified atom stereocenters. The molecule has 0 radical (unpaired) electrons. The minimum atomic E-state index is -0.819. The minimum absolute atomic E-state index is 0.0189. The Bertz CT molecular complexity index is 1880. The number of carbonyl (C=O) groups is 1. The van der Waals surface area contributed by atoms with Crippen molar-refractivity contribution in [2.75, 3.05) is 77.1 Å². The van der Waals surface area contributed by atoms with E-state index in [0.717, 1.165) is 31.0 Å². The van der Waals surface area contributed by atoms with E-state index in [0.29, 0.717) is 53.7 Å². The second kappa shape index (κ2) is 17.6. The molecule has 2 bridgehead atoms. The SMILES string of the molecule is CCOc1cc(OCC)cc(-n2cc(C(=O)N(CC)c3cc(F)cc(F)c3)c(=O)c3ccc(OCCCCCCCC[N+]45CCN(CC4)CC5)cc32)c1. The van der Waals surface area contributed by atoms with Crippen LogP contribution >= 0.6 is 0 Å². The van der Waals surface area contributed by atoms with Gasteiger partial charge in [0.15, 0.2) is 0 Å². The third-order valence-corrected chi connectivity index (χ3v) is 10.7. The predicted octanol–water partition coefficient (Wildman–Crippen LogP) is 7.60. The number of amides is 1. The molecule has 284 valence electrons. The van der Waals surface area contributed by atoms with Gasteiger partial charge in [0, 0.05) is 73.8 Å². The lowest BCUT2D eigenvalue weighted by atomic mass is 10.1. The fourth-order valence-corrected chi connectivity index (χ4v) is 7.75. The first-order valence-corrected chi connectivity index (χ1v) is 19.3. The van der Waals surface area contributed by atoms with Crippen LogP contribution in [0.5, 0.6) is 17.2 Å². The maximum atomic E-state index is 14.2. The van der Waals surface area contributed by atoms with Gasteiger partial charge in [-0.1, -0.05) is 19.3 Å². The number of benzene rings is 3. The van der Waals surface area contributed by atoms with Crippen molar-refractivity contribution in [3.63, 3.8) is 0 Å². The lowest BCUT2D eigenvalue weighted by molar-refractivity contribution is -0.941. The van der Waals surface area contributed by atoms with Gasteiger partial charge in [0.25, 0.3) is 5.91 Å². The highest BCUT2D eigenvalue weighted by atomic mass is 19.1. The van der Waals surface area contributed by atoms with Gasteiger partial charge in [0.1, 0.15) is 34.4 Å². The molecular formula is C42H53F2N4O5+. The molecule has 7 rings (SSSR count). The maximum Gasteiger partial charge on any atom is 0.263 e. The number of hydrogen-bond donors (Lipinski definition) is 0. The van der Waals surface area contributed by atoms with Crippen molar-refractivity contribution in [1.82, 2.24) is 9.47 Å². The van der Waals surface area contributed by atoms with Gasteiger partial charge in [-0.05, 0) is 64.3 Å². The molecule has 4 aromatic rings. The van der Waals surface area contributed by atoms with Gasteiger partial charge in [-0.15, -0.1) is 0 Å². The number of anilines is 1. The van der Waals surface area contributed by atoms with E-state index in [1.54, 1.807) is 29.7 Å². The third kappa shape index (κ3) is 9.19. The average Bonchev–Trinajstić information content (AvgIpc) is 3.15. The van der Waals surface area contributed by atoms with Gasteiger partial charge >= 0.3 is 0 Å². The predicted molar refractivity (Wildman–Crippen MR) is 205 cm³/mol. The second-order valence-electron chi connectivity index (χ2n) is 14.2. The van der Waals surface area contributed by atoms with Gasteiger partial charge in [0.2, 0.25) is 5.43 Å². The van der Waals surface area contributed by atoms with Gasteiger partial charge < -0.3 is 28.2 Å².